The summed E-state index contributed by atoms with van der Waals surface area (Å²) < 4.78 is 0. The summed E-state index contributed by atoms with van der Waals surface area (Å²) in [7, 11) is 0. The van der Waals surface area contributed by atoms with Crippen molar-refractivity contribution in [3.8, 4) is 0 Å². The van der Waals surface area contributed by atoms with Crippen LogP contribution in [0.1, 0.15) is 33.6 Å². The minimum absolute atomic E-state index is 0.0439. The molecule has 0 spiro atoms. The quantitative estimate of drug-likeness (QED) is 0.697. The van der Waals surface area contributed by atoms with Gasteiger partial charge in [-0.1, -0.05) is 20.8 Å². The largest absolute Gasteiger partial charge is 0.394 e. The second-order valence-corrected chi connectivity index (χ2v) is 4.58. The number of nitrogens with zero attached hydrogens (tertiary/aromatic N) is 1. The van der Waals surface area contributed by atoms with E-state index in [1.165, 1.54) is 0 Å². The first-order valence-corrected chi connectivity index (χ1v) is 4.90. The first kappa shape index (κ1) is 10.5. The van der Waals surface area contributed by atoms with Gasteiger partial charge in [0, 0.05) is 13.0 Å². The zero-order valence-electron chi connectivity index (χ0n) is 8.71. The molecule has 1 saturated heterocycles. The van der Waals surface area contributed by atoms with Crippen LogP contribution in [0.5, 0.6) is 0 Å². The lowest BCUT2D eigenvalue weighted by molar-refractivity contribution is -0.132. The van der Waals surface area contributed by atoms with Gasteiger partial charge in [0.05, 0.1) is 12.6 Å². The average Bonchev–Trinajstić information content (AvgIpc) is 2.39. The molecule has 1 amide bonds. The van der Waals surface area contributed by atoms with Crippen molar-refractivity contribution in [1.82, 2.24) is 4.90 Å². The van der Waals surface area contributed by atoms with Gasteiger partial charge in [0.2, 0.25) is 5.91 Å². The molecule has 13 heavy (non-hydrogen) atoms. The summed E-state index contributed by atoms with van der Waals surface area (Å²) >= 11 is 0. The molecule has 1 fully saturated rings. The Morgan fingerprint density at radius 3 is 2.69 bits per heavy atom. The van der Waals surface area contributed by atoms with E-state index < -0.39 is 0 Å². The smallest absolute Gasteiger partial charge is 0.222 e. The Kier molecular flexibility index (Phi) is 2.96. The first-order chi connectivity index (χ1) is 6.00. The van der Waals surface area contributed by atoms with Crippen LogP contribution >= 0.6 is 0 Å². The van der Waals surface area contributed by atoms with Crippen LogP contribution in [0.4, 0.5) is 0 Å². The van der Waals surface area contributed by atoms with Gasteiger partial charge in [0.1, 0.15) is 0 Å². The summed E-state index contributed by atoms with van der Waals surface area (Å²) in [4.78, 5) is 13.3. The van der Waals surface area contributed by atoms with Crippen LogP contribution in [0.3, 0.4) is 0 Å². The summed E-state index contributed by atoms with van der Waals surface area (Å²) in [6.45, 7) is 7.01. The highest BCUT2D eigenvalue weighted by Gasteiger charge is 2.38. The molecule has 1 rings (SSSR count). The third-order valence-corrected chi connectivity index (χ3v) is 2.66. The van der Waals surface area contributed by atoms with Gasteiger partial charge in [-0.3, -0.25) is 4.79 Å². The maximum Gasteiger partial charge on any atom is 0.222 e. The van der Waals surface area contributed by atoms with E-state index in [0.29, 0.717) is 6.42 Å². The molecule has 0 saturated carbocycles. The molecular formula is C10H19NO2. The van der Waals surface area contributed by atoms with Crippen molar-refractivity contribution in [1.29, 1.82) is 0 Å². The molecule has 1 aliphatic heterocycles. The maximum absolute atomic E-state index is 11.5. The van der Waals surface area contributed by atoms with Crippen LogP contribution in [-0.4, -0.2) is 35.1 Å². The molecule has 1 atom stereocenters. The number of carbonyl (C=O) groups excluding carboxylic acids is 1. The molecule has 1 unspecified atom stereocenters. The van der Waals surface area contributed by atoms with E-state index >= 15 is 0 Å². The standard InChI is InChI=1S/C10H19NO2/c1-4-9(13)11-7-10(2,3)5-8(11)6-12/h8,12H,4-7H2,1-3H3. The summed E-state index contributed by atoms with van der Waals surface area (Å²) in [6, 6.07) is 0.0439. The van der Waals surface area contributed by atoms with E-state index in [2.05, 4.69) is 13.8 Å². The molecule has 0 bridgehead atoms. The zero-order valence-corrected chi connectivity index (χ0v) is 8.71. The molecule has 0 aromatic heterocycles. The molecule has 1 heterocycles. The lowest BCUT2D eigenvalue weighted by Crippen LogP contribution is -2.37. The predicted octanol–water partition coefficient (Wildman–Crippen LogP) is 1.02. The lowest BCUT2D eigenvalue weighted by atomic mass is 9.91. The Bertz CT molecular complexity index is 201. The van der Waals surface area contributed by atoms with E-state index in [1.54, 1.807) is 0 Å². The number of rotatable bonds is 2. The van der Waals surface area contributed by atoms with E-state index in [4.69, 9.17) is 5.11 Å². The first-order valence-electron chi connectivity index (χ1n) is 4.90. The van der Waals surface area contributed by atoms with E-state index in [9.17, 15) is 4.79 Å². The van der Waals surface area contributed by atoms with Crippen molar-refractivity contribution < 1.29 is 9.90 Å². The van der Waals surface area contributed by atoms with Crippen LogP contribution in [0.25, 0.3) is 0 Å². The number of carbonyl (C=O) groups is 1. The number of amides is 1. The molecule has 0 radical (unpaired) electrons. The second kappa shape index (κ2) is 3.66. The fourth-order valence-corrected chi connectivity index (χ4v) is 2.06. The highest BCUT2D eigenvalue weighted by molar-refractivity contribution is 5.76. The summed E-state index contributed by atoms with van der Waals surface area (Å²) in [5.41, 5.74) is 0.165. The highest BCUT2D eigenvalue weighted by Crippen LogP contribution is 2.33. The zero-order chi connectivity index (χ0) is 10.1. The molecular weight excluding hydrogens is 166 g/mol. The monoisotopic (exact) mass is 185 g/mol. The van der Waals surface area contributed by atoms with Crippen LogP contribution in [0.15, 0.2) is 0 Å². The van der Waals surface area contributed by atoms with Crippen molar-refractivity contribution >= 4 is 5.91 Å². The molecule has 0 aromatic rings. The van der Waals surface area contributed by atoms with Gasteiger partial charge in [0.15, 0.2) is 0 Å². The molecule has 0 aromatic carbocycles. The van der Waals surface area contributed by atoms with Crippen molar-refractivity contribution in [3.63, 3.8) is 0 Å². The number of aliphatic hydroxyl groups is 1. The third-order valence-electron chi connectivity index (χ3n) is 2.66. The molecule has 0 aliphatic carbocycles. The molecule has 1 aliphatic rings. The molecule has 3 heteroatoms. The molecule has 76 valence electrons. The van der Waals surface area contributed by atoms with E-state index in [1.807, 2.05) is 11.8 Å². The van der Waals surface area contributed by atoms with Crippen molar-refractivity contribution in [2.75, 3.05) is 13.2 Å². The van der Waals surface area contributed by atoms with Gasteiger partial charge >= 0.3 is 0 Å². The van der Waals surface area contributed by atoms with Crippen molar-refractivity contribution in [3.05, 3.63) is 0 Å². The average molecular weight is 185 g/mol. The SMILES string of the molecule is CCC(=O)N1CC(C)(C)CC1CO. The summed E-state index contributed by atoms with van der Waals surface area (Å²) in [5.74, 6) is 0.157. The molecule has 1 N–H and O–H groups in total. The minimum atomic E-state index is 0.0439. The Morgan fingerprint density at radius 1 is 1.62 bits per heavy atom. The fraction of sp³-hybridized carbons (Fsp3) is 0.900. The third kappa shape index (κ3) is 2.21. The van der Waals surface area contributed by atoms with Crippen molar-refractivity contribution in [2.45, 2.75) is 39.7 Å². The van der Waals surface area contributed by atoms with Crippen LogP contribution in [0.2, 0.25) is 0 Å². The van der Waals surface area contributed by atoms with Gasteiger partial charge in [-0.2, -0.15) is 0 Å². The van der Waals surface area contributed by atoms with E-state index in [0.717, 1.165) is 13.0 Å². The van der Waals surface area contributed by atoms with E-state index in [-0.39, 0.29) is 24.0 Å². The van der Waals surface area contributed by atoms with Gasteiger partial charge in [0.25, 0.3) is 0 Å². The number of hydrogen-bond donors (Lipinski definition) is 1. The number of aliphatic hydroxyl groups excluding tert-OH is 1. The Labute approximate surface area is 79.7 Å². The Hall–Kier alpha value is -0.570. The normalized spacial score (nSPS) is 26.5. The maximum atomic E-state index is 11.5. The fourth-order valence-electron chi connectivity index (χ4n) is 2.06. The van der Waals surface area contributed by atoms with Crippen LogP contribution in [0, 0.1) is 5.41 Å². The predicted molar refractivity (Wildman–Crippen MR) is 51.3 cm³/mol. The topological polar surface area (TPSA) is 40.5 Å². The molecule has 3 nitrogen and oxygen atoms in total. The second-order valence-electron chi connectivity index (χ2n) is 4.58. The summed E-state index contributed by atoms with van der Waals surface area (Å²) in [6.07, 6.45) is 1.45. The van der Waals surface area contributed by atoms with Gasteiger partial charge in [-0.05, 0) is 11.8 Å². The van der Waals surface area contributed by atoms with Crippen LogP contribution in [-0.2, 0) is 4.79 Å². The lowest BCUT2D eigenvalue weighted by Gasteiger charge is -2.22. The highest BCUT2D eigenvalue weighted by atomic mass is 16.3. The van der Waals surface area contributed by atoms with Gasteiger partial charge in [-0.25, -0.2) is 0 Å². The number of hydrogen-bond acceptors (Lipinski definition) is 2. The van der Waals surface area contributed by atoms with Gasteiger partial charge < -0.3 is 10.0 Å². The Morgan fingerprint density at radius 2 is 2.23 bits per heavy atom. The van der Waals surface area contributed by atoms with Crippen molar-refractivity contribution in [2.24, 2.45) is 5.41 Å². The summed E-state index contributed by atoms with van der Waals surface area (Å²) in [5, 5.41) is 9.12. The minimum Gasteiger partial charge on any atom is -0.394 e. The number of likely N-dealkylation sites (tertiary alicyclic amines) is 1. The van der Waals surface area contributed by atoms with Gasteiger partial charge in [-0.15, -0.1) is 0 Å². The van der Waals surface area contributed by atoms with Crippen LogP contribution < -0.4 is 0 Å². The Balaban J connectivity index is 2.69.